The molecule has 1 saturated carbocycles. The summed E-state index contributed by atoms with van der Waals surface area (Å²) in [6.45, 7) is 4.10. The first-order chi connectivity index (χ1) is 25.4. The number of rotatable bonds is 16. The smallest absolute Gasteiger partial charge is 0.226 e. The van der Waals surface area contributed by atoms with Crippen molar-refractivity contribution < 1.29 is 33.9 Å². The molecular weight excluding hydrogens is 684 g/mol. The van der Waals surface area contributed by atoms with Crippen LogP contribution < -0.4 is 53.6 Å². The molecule has 4 fully saturated rings. The normalized spacial score (nSPS) is 29.2. The van der Waals surface area contributed by atoms with E-state index >= 15 is 0 Å². The van der Waals surface area contributed by atoms with Gasteiger partial charge in [0.05, 0.1) is 47.7 Å². The molecule has 17 heteroatoms. The zero-order chi connectivity index (χ0) is 38.1. The molecular formula is C36H56N10O7. The van der Waals surface area contributed by atoms with E-state index in [1.807, 2.05) is 7.05 Å². The van der Waals surface area contributed by atoms with Gasteiger partial charge in [0.25, 0.3) is 0 Å². The molecule has 4 aliphatic rings. The molecule has 3 aliphatic heterocycles. The second kappa shape index (κ2) is 18.6. The quantitative estimate of drug-likeness (QED) is 0.0795. The van der Waals surface area contributed by atoms with Crippen LogP contribution in [0.1, 0.15) is 38.2 Å². The fraction of sp³-hybridized carbons (Fsp3) is 0.667. The molecule has 53 heavy (non-hydrogen) atoms. The molecule has 17 nitrogen and oxygen atoms in total. The van der Waals surface area contributed by atoms with Gasteiger partial charge in [0.1, 0.15) is 5.75 Å². The Morgan fingerprint density at radius 2 is 1.36 bits per heavy atom. The third-order valence-corrected chi connectivity index (χ3v) is 11.1. The van der Waals surface area contributed by atoms with Crippen LogP contribution in [0.2, 0.25) is 0 Å². The van der Waals surface area contributed by atoms with E-state index in [1.54, 1.807) is 31.2 Å². The number of phenols is 1. The molecule has 0 aromatic heterocycles. The summed E-state index contributed by atoms with van der Waals surface area (Å²) in [5.41, 5.74) is 6.26. The first kappa shape index (κ1) is 39.9. The Balaban J connectivity index is 1.14. The summed E-state index contributed by atoms with van der Waals surface area (Å²) in [5, 5.41) is 37.2. The summed E-state index contributed by atoms with van der Waals surface area (Å²) in [6.07, 6.45) is 2.99. The largest absolute Gasteiger partial charge is 0.508 e. The molecule has 0 radical (unpaired) electrons. The third-order valence-electron chi connectivity index (χ3n) is 11.1. The zero-order valence-corrected chi connectivity index (χ0v) is 30.5. The van der Waals surface area contributed by atoms with Gasteiger partial charge in [-0.05, 0) is 50.9 Å². The number of phenolic OH excluding ortho intramolecular Hbond substituents is 1. The SMILES string of the molecule is CNC1CCCC1C(=O)NC[C@H](Cc1ccc(O)cc1)C(=O)NC1CNCC1C(=O)NC1CNCC1C(=O)N[C@@H](C)CC(=O)NC1CNCC1C(N)=O. The van der Waals surface area contributed by atoms with Gasteiger partial charge >= 0.3 is 0 Å². The summed E-state index contributed by atoms with van der Waals surface area (Å²) >= 11 is 0. The molecule has 3 heterocycles. The van der Waals surface area contributed by atoms with Crippen molar-refractivity contribution in [2.24, 2.45) is 35.3 Å². The molecule has 12 N–H and O–H groups in total. The minimum atomic E-state index is -0.627. The van der Waals surface area contributed by atoms with Crippen molar-refractivity contribution in [3.8, 4) is 5.75 Å². The number of hydrogen-bond donors (Lipinski definition) is 11. The van der Waals surface area contributed by atoms with Crippen molar-refractivity contribution in [1.82, 2.24) is 47.9 Å². The summed E-state index contributed by atoms with van der Waals surface area (Å²) < 4.78 is 0. The number of nitrogens with two attached hydrogens (primary N) is 1. The van der Waals surface area contributed by atoms with Gasteiger partial charge < -0.3 is 58.7 Å². The monoisotopic (exact) mass is 740 g/mol. The fourth-order valence-corrected chi connectivity index (χ4v) is 8.02. The Kier molecular flexibility index (Phi) is 14.0. The number of benzene rings is 1. The molecule has 292 valence electrons. The highest BCUT2D eigenvalue weighted by Crippen LogP contribution is 2.26. The summed E-state index contributed by atoms with van der Waals surface area (Å²) in [5.74, 6) is -4.13. The number of hydrogen-bond acceptors (Lipinski definition) is 11. The summed E-state index contributed by atoms with van der Waals surface area (Å²) in [6, 6.07) is 4.76. The van der Waals surface area contributed by atoms with E-state index in [0.29, 0.717) is 45.7 Å². The van der Waals surface area contributed by atoms with Crippen molar-refractivity contribution in [3.63, 3.8) is 0 Å². The van der Waals surface area contributed by atoms with Gasteiger partial charge in [-0.2, -0.15) is 0 Å². The standard InChI is InChI=1S/C36H56N10O7/c1-19(10-31(48)44-28-16-39-13-24(28)32(37)49)43-35(52)25-14-40-18-30(25)46-36(53)26-15-41-17-29(26)45-33(50)21(11-20-6-8-22(47)9-7-20)12-42-34(51)23-4-3-5-27(23)38-2/h6-9,19,21,23-30,38-41,47H,3-5,10-18H2,1-2H3,(H2,37,49)(H,42,51)(H,43,52)(H,44,48)(H,45,50)(H,46,53)/t19-,21-,23?,24?,25?,26?,27?,28?,29?,30?/m0/s1. The van der Waals surface area contributed by atoms with Crippen LogP contribution in [-0.2, 0) is 35.2 Å². The van der Waals surface area contributed by atoms with Gasteiger partial charge in [-0.25, -0.2) is 0 Å². The topological polar surface area (TPSA) is 257 Å². The molecule has 8 unspecified atom stereocenters. The van der Waals surface area contributed by atoms with Crippen molar-refractivity contribution in [2.75, 3.05) is 52.9 Å². The van der Waals surface area contributed by atoms with Gasteiger partial charge in [-0.3, -0.25) is 28.8 Å². The lowest BCUT2D eigenvalue weighted by Gasteiger charge is -2.27. The average Bonchev–Trinajstić information content (AvgIpc) is 3.94. The highest BCUT2D eigenvalue weighted by Gasteiger charge is 2.40. The van der Waals surface area contributed by atoms with Gasteiger partial charge in [0.2, 0.25) is 35.4 Å². The lowest BCUT2D eigenvalue weighted by atomic mass is 9.95. The van der Waals surface area contributed by atoms with Crippen molar-refractivity contribution >= 4 is 35.4 Å². The molecule has 10 atom stereocenters. The maximum atomic E-state index is 13.8. The Hall–Kier alpha value is -4.32. The molecule has 5 rings (SSSR count). The first-order valence-corrected chi connectivity index (χ1v) is 18.8. The van der Waals surface area contributed by atoms with Gasteiger partial charge in [0.15, 0.2) is 0 Å². The molecule has 0 bridgehead atoms. The zero-order valence-electron chi connectivity index (χ0n) is 30.5. The van der Waals surface area contributed by atoms with Crippen LogP contribution in [0.5, 0.6) is 5.75 Å². The lowest BCUT2D eigenvalue weighted by Crippen LogP contribution is -2.54. The lowest BCUT2D eigenvalue weighted by molar-refractivity contribution is -0.129. The van der Waals surface area contributed by atoms with Crippen LogP contribution in [0, 0.1) is 29.6 Å². The maximum absolute atomic E-state index is 13.8. The van der Waals surface area contributed by atoms with E-state index in [9.17, 15) is 33.9 Å². The van der Waals surface area contributed by atoms with E-state index in [4.69, 9.17) is 5.73 Å². The van der Waals surface area contributed by atoms with E-state index in [-0.39, 0.29) is 60.2 Å². The van der Waals surface area contributed by atoms with Crippen LogP contribution >= 0.6 is 0 Å². The Morgan fingerprint density at radius 1 is 0.755 bits per heavy atom. The van der Waals surface area contributed by atoms with Crippen molar-refractivity contribution in [1.29, 1.82) is 0 Å². The number of amides is 6. The molecule has 6 amide bonds. The number of carbonyl (C=O) groups excluding carboxylic acids is 6. The second-order valence-corrected chi connectivity index (χ2v) is 15.0. The molecule has 0 spiro atoms. The number of carbonyl (C=O) groups is 6. The fourth-order valence-electron chi connectivity index (χ4n) is 8.02. The predicted molar refractivity (Wildman–Crippen MR) is 195 cm³/mol. The summed E-state index contributed by atoms with van der Waals surface area (Å²) in [7, 11) is 1.85. The van der Waals surface area contributed by atoms with E-state index in [0.717, 1.165) is 24.8 Å². The first-order valence-electron chi connectivity index (χ1n) is 18.8. The molecule has 1 aromatic rings. The van der Waals surface area contributed by atoms with Crippen molar-refractivity contribution in [2.45, 2.75) is 69.2 Å². The van der Waals surface area contributed by atoms with E-state index < -0.39 is 53.7 Å². The van der Waals surface area contributed by atoms with Gasteiger partial charge in [0, 0.05) is 64.3 Å². The number of nitrogens with one attached hydrogen (secondary N) is 9. The van der Waals surface area contributed by atoms with Crippen LogP contribution in [0.15, 0.2) is 24.3 Å². The Labute approximate surface area is 309 Å². The van der Waals surface area contributed by atoms with E-state index in [2.05, 4.69) is 47.9 Å². The number of aromatic hydroxyl groups is 1. The molecule has 3 saturated heterocycles. The van der Waals surface area contributed by atoms with Crippen molar-refractivity contribution in [3.05, 3.63) is 29.8 Å². The highest BCUT2D eigenvalue weighted by molar-refractivity contribution is 5.87. The molecule has 1 aliphatic carbocycles. The van der Waals surface area contributed by atoms with Crippen LogP contribution in [0.3, 0.4) is 0 Å². The second-order valence-electron chi connectivity index (χ2n) is 15.0. The highest BCUT2D eigenvalue weighted by atomic mass is 16.3. The van der Waals surface area contributed by atoms with Crippen LogP contribution in [0.25, 0.3) is 0 Å². The van der Waals surface area contributed by atoms with Gasteiger partial charge in [-0.15, -0.1) is 0 Å². The number of primary amides is 1. The Bertz CT molecular complexity index is 1480. The van der Waals surface area contributed by atoms with Crippen LogP contribution in [0.4, 0.5) is 0 Å². The minimum absolute atomic E-state index is 0.00842. The Morgan fingerprint density at radius 3 is 2.00 bits per heavy atom. The third kappa shape index (κ3) is 10.6. The van der Waals surface area contributed by atoms with Gasteiger partial charge in [-0.1, -0.05) is 18.6 Å². The minimum Gasteiger partial charge on any atom is -0.508 e. The van der Waals surface area contributed by atoms with E-state index in [1.165, 1.54) is 0 Å². The van der Waals surface area contributed by atoms with Crippen LogP contribution in [-0.4, -0.2) is 124 Å². The predicted octanol–water partition coefficient (Wildman–Crippen LogP) is -3.45. The average molecular weight is 741 g/mol. The molecule has 1 aromatic carbocycles. The maximum Gasteiger partial charge on any atom is 0.226 e. The summed E-state index contributed by atoms with van der Waals surface area (Å²) in [4.78, 5) is 78.2.